The van der Waals surface area contributed by atoms with Crippen molar-refractivity contribution in [3.63, 3.8) is 0 Å². The van der Waals surface area contributed by atoms with Crippen molar-refractivity contribution in [1.82, 2.24) is 19.8 Å². The first-order valence-electron chi connectivity index (χ1n) is 11.0. The molecule has 0 radical (unpaired) electrons. The average Bonchev–Trinajstić information content (AvgIpc) is 3.56. The van der Waals surface area contributed by atoms with Crippen LogP contribution in [0.4, 0.5) is 0 Å². The fraction of sp³-hybridized carbons (Fsp3) is 0.360. The predicted octanol–water partition coefficient (Wildman–Crippen LogP) is 5.18. The van der Waals surface area contributed by atoms with Gasteiger partial charge in [0.05, 0.1) is 24.9 Å². The van der Waals surface area contributed by atoms with Crippen molar-refractivity contribution in [3.8, 4) is 5.75 Å². The minimum Gasteiger partial charge on any atom is -0.497 e. The molecule has 5 nitrogen and oxygen atoms in total. The van der Waals surface area contributed by atoms with Crippen LogP contribution in [0.25, 0.3) is 0 Å². The summed E-state index contributed by atoms with van der Waals surface area (Å²) in [5, 5.41) is 4.32. The van der Waals surface area contributed by atoms with Crippen LogP contribution >= 0.6 is 12.2 Å². The molecule has 1 aliphatic carbocycles. The van der Waals surface area contributed by atoms with E-state index in [0.717, 1.165) is 23.1 Å². The quantitative estimate of drug-likeness (QED) is 0.544. The fourth-order valence-electron chi connectivity index (χ4n) is 4.90. The number of benzene rings is 1. The lowest BCUT2D eigenvalue weighted by Gasteiger charge is -2.27. The monoisotopic (exact) mass is 432 g/mol. The minimum atomic E-state index is 0.0198. The van der Waals surface area contributed by atoms with Gasteiger partial charge in [-0.3, -0.25) is 4.98 Å². The van der Waals surface area contributed by atoms with E-state index in [2.05, 4.69) is 56.4 Å². The number of methoxy groups -OCH3 is 1. The molecule has 2 atom stereocenters. The Kier molecular flexibility index (Phi) is 5.64. The van der Waals surface area contributed by atoms with E-state index in [-0.39, 0.29) is 12.1 Å². The Hall–Kier alpha value is -2.86. The van der Waals surface area contributed by atoms with Crippen LogP contribution in [-0.4, -0.2) is 26.7 Å². The van der Waals surface area contributed by atoms with Crippen molar-refractivity contribution in [1.29, 1.82) is 0 Å². The number of aromatic nitrogens is 2. The SMILES string of the molecule is COc1ccc(CN2C(=S)N[C@@H](c3ccccn3)[C@@H]2c2ccn(C3CCCC3)c2)cc1. The summed E-state index contributed by atoms with van der Waals surface area (Å²) < 4.78 is 7.72. The average molecular weight is 433 g/mol. The predicted molar refractivity (Wildman–Crippen MR) is 126 cm³/mol. The van der Waals surface area contributed by atoms with Crippen LogP contribution in [0.1, 0.15) is 60.6 Å². The highest BCUT2D eigenvalue weighted by atomic mass is 32.1. The van der Waals surface area contributed by atoms with Crippen LogP contribution < -0.4 is 10.1 Å². The van der Waals surface area contributed by atoms with Gasteiger partial charge in [0.2, 0.25) is 0 Å². The molecule has 0 bridgehead atoms. The van der Waals surface area contributed by atoms with E-state index < -0.39 is 0 Å². The van der Waals surface area contributed by atoms with Gasteiger partial charge in [0.25, 0.3) is 0 Å². The number of rotatable bonds is 6. The lowest BCUT2D eigenvalue weighted by molar-refractivity contribution is 0.310. The summed E-state index contributed by atoms with van der Waals surface area (Å²) in [5.74, 6) is 0.863. The van der Waals surface area contributed by atoms with E-state index in [1.54, 1.807) is 7.11 Å². The third-order valence-corrected chi connectivity index (χ3v) is 6.89. The Balaban J connectivity index is 1.48. The molecule has 160 valence electrons. The van der Waals surface area contributed by atoms with Gasteiger partial charge in [-0.1, -0.05) is 31.0 Å². The summed E-state index contributed by atoms with van der Waals surface area (Å²) in [6, 6.07) is 17.3. The van der Waals surface area contributed by atoms with E-state index >= 15 is 0 Å². The Morgan fingerprint density at radius 3 is 2.61 bits per heavy atom. The van der Waals surface area contributed by atoms with Crippen LogP contribution in [0, 0.1) is 0 Å². The van der Waals surface area contributed by atoms with Gasteiger partial charge in [0.1, 0.15) is 5.75 Å². The van der Waals surface area contributed by atoms with Crippen molar-refractivity contribution in [2.75, 3.05) is 7.11 Å². The molecule has 2 aliphatic rings. The lowest BCUT2D eigenvalue weighted by atomic mass is 9.98. The Morgan fingerprint density at radius 1 is 1.10 bits per heavy atom. The van der Waals surface area contributed by atoms with E-state index in [4.69, 9.17) is 17.0 Å². The van der Waals surface area contributed by atoms with Crippen molar-refractivity contribution in [3.05, 3.63) is 83.9 Å². The number of thiocarbonyl (C=S) groups is 1. The largest absolute Gasteiger partial charge is 0.497 e. The molecular formula is C25H28N4OS. The topological polar surface area (TPSA) is 42.3 Å². The highest BCUT2D eigenvalue weighted by molar-refractivity contribution is 7.80. The van der Waals surface area contributed by atoms with E-state index in [1.165, 1.54) is 36.8 Å². The molecule has 0 unspecified atom stereocenters. The number of hydrogen-bond acceptors (Lipinski definition) is 3. The Morgan fingerprint density at radius 2 is 1.90 bits per heavy atom. The number of ether oxygens (including phenoxy) is 1. The normalized spacial score (nSPS) is 21.5. The van der Waals surface area contributed by atoms with Crippen molar-refractivity contribution in [2.24, 2.45) is 0 Å². The zero-order valence-electron chi connectivity index (χ0n) is 17.8. The third kappa shape index (κ3) is 4.04. The highest BCUT2D eigenvalue weighted by Crippen LogP contribution is 2.40. The smallest absolute Gasteiger partial charge is 0.170 e. The molecule has 1 saturated carbocycles. The second-order valence-corrected chi connectivity index (χ2v) is 8.82. The van der Waals surface area contributed by atoms with Crippen molar-refractivity contribution in [2.45, 2.75) is 50.4 Å². The van der Waals surface area contributed by atoms with Gasteiger partial charge in [-0.05, 0) is 66.5 Å². The van der Waals surface area contributed by atoms with Crippen LogP contribution in [0.2, 0.25) is 0 Å². The molecule has 3 heterocycles. The van der Waals surface area contributed by atoms with Crippen LogP contribution in [-0.2, 0) is 6.54 Å². The molecule has 0 spiro atoms. The first-order valence-corrected chi connectivity index (χ1v) is 11.4. The van der Waals surface area contributed by atoms with Gasteiger partial charge in [0, 0.05) is 31.2 Å². The van der Waals surface area contributed by atoms with Gasteiger partial charge in [-0.25, -0.2) is 0 Å². The number of hydrogen-bond donors (Lipinski definition) is 1. The zero-order valence-corrected chi connectivity index (χ0v) is 18.6. The molecule has 31 heavy (non-hydrogen) atoms. The van der Waals surface area contributed by atoms with E-state index in [0.29, 0.717) is 6.04 Å². The first-order chi connectivity index (χ1) is 15.2. The molecule has 1 saturated heterocycles. The molecule has 2 fully saturated rings. The van der Waals surface area contributed by atoms with E-state index in [9.17, 15) is 0 Å². The van der Waals surface area contributed by atoms with Crippen LogP contribution in [0.15, 0.2) is 67.1 Å². The minimum absolute atomic E-state index is 0.0198. The van der Waals surface area contributed by atoms with Crippen molar-refractivity contribution < 1.29 is 4.74 Å². The Labute approximate surface area is 189 Å². The molecule has 6 heteroatoms. The second kappa shape index (κ2) is 8.71. The second-order valence-electron chi connectivity index (χ2n) is 8.43. The van der Waals surface area contributed by atoms with Gasteiger partial charge in [-0.15, -0.1) is 0 Å². The van der Waals surface area contributed by atoms with Gasteiger partial charge in [-0.2, -0.15) is 0 Å². The molecule has 3 aromatic rings. The fourth-order valence-corrected chi connectivity index (χ4v) is 5.21. The summed E-state index contributed by atoms with van der Waals surface area (Å²) >= 11 is 5.81. The van der Waals surface area contributed by atoms with Gasteiger partial charge < -0.3 is 19.5 Å². The van der Waals surface area contributed by atoms with Gasteiger partial charge >= 0.3 is 0 Å². The maximum absolute atomic E-state index is 5.81. The Bertz CT molecular complexity index is 1030. The molecule has 5 rings (SSSR count). The molecular weight excluding hydrogens is 404 g/mol. The first kappa shape index (κ1) is 20.1. The summed E-state index contributed by atoms with van der Waals surface area (Å²) in [7, 11) is 1.69. The maximum Gasteiger partial charge on any atom is 0.170 e. The summed E-state index contributed by atoms with van der Waals surface area (Å²) in [5.41, 5.74) is 3.50. The molecule has 2 aromatic heterocycles. The molecule has 1 N–H and O–H groups in total. The zero-order chi connectivity index (χ0) is 21.2. The van der Waals surface area contributed by atoms with Gasteiger partial charge in [0.15, 0.2) is 5.11 Å². The summed E-state index contributed by atoms with van der Waals surface area (Å²) in [6.45, 7) is 0.735. The number of nitrogens with zero attached hydrogens (tertiary/aromatic N) is 3. The van der Waals surface area contributed by atoms with Crippen LogP contribution in [0.3, 0.4) is 0 Å². The number of nitrogens with one attached hydrogen (secondary N) is 1. The maximum atomic E-state index is 5.81. The number of pyridine rings is 1. The lowest BCUT2D eigenvalue weighted by Crippen LogP contribution is -2.29. The standard InChI is InChI=1S/C25H28N4OS/c1-30-21-11-9-18(10-12-21)16-29-24(19-13-15-28(17-19)20-6-2-3-7-20)23(27-25(29)31)22-8-4-5-14-26-22/h4-5,8-15,17,20,23-24H,2-3,6-7,16H2,1H3,(H,27,31)/t23-,24-/m0/s1. The summed E-state index contributed by atoms with van der Waals surface area (Å²) in [4.78, 5) is 6.94. The highest BCUT2D eigenvalue weighted by Gasteiger charge is 2.40. The van der Waals surface area contributed by atoms with Crippen LogP contribution in [0.5, 0.6) is 5.75 Å². The molecule has 0 amide bonds. The summed E-state index contributed by atoms with van der Waals surface area (Å²) in [6.07, 6.45) is 11.6. The third-order valence-electron chi connectivity index (χ3n) is 6.53. The van der Waals surface area contributed by atoms with Crippen molar-refractivity contribution >= 4 is 17.3 Å². The molecule has 1 aliphatic heterocycles. The van der Waals surface area contributed by atoms with E-state index in [1.807, 2.05) is 30.5 Å². The molecule has 1 aromatic carbocycles.